The van der Waals surface area contributed by atoms with Gasteiger partial charge in [-0.25, -0.2) is 0 Å². The van der Waals surface area contributed by atoms with Gasteiger partial charge in [0.15, 0.2) is 0 Å². The van der Waals surface area contributed by atoms with Crippen LogP contribution in [0.5, 0.6) is 0 Å². The zero-order valence-electron chi connectivity index (χ0n) is 6.32. The van der Waals surface area contributed by atoms with E-state index in [2.05, 4.69) is 48.9 Å². The van der Waals surface area contributed by atoms with E-state index in [9.17, 15) is 0 Å². The lowest BCUT2D eigenvalue weighted by Gasteiger charge is -2.03. The summed E-state index contributed by atoms with van der Waals surface area (Å²) in [6, 6.07) is 6.39. The molecule has 52 valence electrons. The predicted molar refractivity (Wildman–Crippen MR) is 52.0 cm³/mol. The second-order valence-corrected chi connectivity index (χ2v) is 3.05. The predicted octanol–water partition coefficient (Wildman–Crippen LogP) is 1.15. The molecule has 0 aliphatic rings. The second-order valence-electron chi connectivity index (χ2n) is 2.49. The molecule has 0 saturated carbocycles. The minimum Gasteiger partial charge on any atom is -0.0876 e. The van der Waals surface area contributed by atoms with Gasteiger partial charge in [0, 0.05) is 5.33 Å². The lowest BCUT2D eigenvalue weighted by atomic mass is 9.89. The smallest absolute Gasteiger partial charge is 0.0876 e. The van der Waals surface area contributed by atoms with Gasteiger partial charge in [-0.3, -0.25) is 0 Å². The highest BCUT2D eigenvalue weighted by atomic mass is 79.9. The van der Waals surface area contributed by atoms with Gasteiger partial charge in [-0.15, -0.1) is 0 Å². The molecule has 0 aromatic heterocycles. The van der Waals surface area contributed by atoms with Crippen LogP contribution >= 0.6 is 15.9 Å². The van der Waals surface area contributed by atoms with Crippen LogP contribution < -0.4 is 5.46 Å². The van der Waals surface area contributed by atoms with Crippen LogP contribution in [0, 0.1) is 6.92 Å². The van der Waals surface area contributed by atoms with Gasteiger partial charge in [0.1, 0.15) is 7.85 Å². The van der Waals surface area contributed by atoms with Gasteiger partial charge >= 0.3 is 0 Å². The van der Waals surface area contributed by atoms with Crippen LogP contribution in [0.1, 0.15) is 11.1 Å². The van der Waals surface area contributed by atoms with E-state index in [0.29, 0.717) is 0 Å². The Morgan fingerprint density at radius 2 is 2.20 bits per heavy atom. The summed E-state index contributed by atoms with van der Waals surface area (Å²) in [7, 11) is 2.14. The van der Waals surface area contributed by atoms with Crippen molar-refractivity contribution in [3.63, 3.8) is 0 Å². The largest absolute Gasteiger partial charge is 0.139 e. The first-order valence-corrected chi connectivity index (χ1v) is 4.49. The van der Waals surface area contributed by atoms with E-state index in [1.165, 1.54) is 16.6 Å². The van der Waals surface area contributed by atoms with Gasteiger partial charge in [0.2, 0.25) is 0 Å². The molecule has 0 aliphatic heterocycles. The molecule has 0 amide bonds. The molecule has 0 radical (unpaired) electrons. The molecule has 0 spiro atoms. The number of halogens is 1. The van der Waals surface area contributed by atoms with Crippen LogP contribution in [0.15, 0.2) is 18.2 Å². The van der Waals surface area contributed by atoms with Crippen LogP contribution in [0.2, 0.25) is 0 Å². The Labute approximate surface area is 71.2 Å². The maximum Gasteiger partial charge on any atom is 0.139 e. The first-order valence-electron chi connectivity index (χ1n) is 3.36. The number of rotatable bonds is 1. The maximum atomic E-state index is 3.44. The fraction of sp³-hybridized carbons (Fsp3) is 0.250. The van der Waals surface area contributed by atoms with Gasteiger partial charge in [-0.05, 0) is 12.5 Å². The molecule has 0 saturated heterocycles. The Balaban J connectivity index is 3.14. The summed E-state index contributed by atoms with van der Waals surface area (Å²) < 4.78 is 0. The normalized spacial score (nSPS) is 9.80. The molecule has 0 bridgehead atoms. The zero-order valence-corrected chi connectivity index (χ0v) is 7.90. The van der Waals surface area contributed by atoms with E-state index in [1.54, 1.807) is 0 Å². The Morgan fingerprint density at radius 1 is 1.50 bits per heavy atom. The van der Waals surface area contributed by atoms with Crippen LogP contribution in [-0.2, 0) is 5.33 Å². The number of hydrogen-bond acceptors (Lipinski definition) is 0. The van der Waals surface area contributed by atoms with Crippen molar-refractivity contribution in [1.29, 1.82) is 0 Å². The van der Waals surface area contributed by atoms with Gasteiger partial charge in [0.05, 0.1) is 0 Å². The van der Waals surface area contributed by atoms with Crippen LogP contribution in [0.3, 0.4) is 0 Å². The molecule has 1 rings (SSSR count). The summed E-state index contributed by atoms with van der Waals surface area (Å²) in [6.45, 7) is 2.16. The first-order chi connectivity index (χ1) is 4.75. The van der Waals surface area contributed by atoms with E-state index < -0.39 is 0 Å². The number of hydrogen-bond donors (Lipinski definition) is 0. The van der Waals surface area contributed by atoms with Gasteiger partial charge in [-0.1, -0.05) is 45.2 Å². The molecule has 0 heterocycles. The summed E-state index contributed by atoms with van der Waals surface area (Å²) >= 11 is 3.44. The standard InChI is InChI=1S/C8H10BBr/c1-6-7(5-10)3-2-4-8(6)9/h2-4H,5,9H2,1H3. The molecular weight excluding hydrogens is 187 g/mol. The Bertz CT molecular complexity index is 233. The summed E-state index contributed by atoms with van der Waals surface area (Å²) in [5.74, 6) is 0. The quantitative estimate of drug-likeness (QED) is 0.467. The summed E-state index contributed by atoms with van der Waals surface area (Å²) in [5, 5.41) is 0.959. The Kier molecular flexibility index (Phi) is 2.55. The third kappa shape index (κ3) is 1.43. The maximum absolute atomic E-state index is 3.44. The van der Waals surface area contributed by atoms with Crippen molar-refractivity contribution in [1.82, 2.24) is 0 Å². The Morgan fingerprint density at radius 3 is 2.70 bits per heavy atom. The van der Waals surface area contributed by atoms with E-state index in [-0.39, 0.29) is 0 Å². The molecule has 0 aliphatic carbocycles. The van der Waals surface area contributed by atoms with Gasteiger partial charge in [0.25, 0.3) is 0 Å². The molecular formula is C8H10BBr. The van der Waals surface area contributed by atoms with E-state index in [4.69, 9.17) is 0 Å². The second kappa shape index (κ2) is 3.24. The zero-order chi connectivity index (χ0) is 7.56. The molecule has 10 heavy (non-hydrogen) atoms. The fourth-order valence-electron chi connectivity index (χ4n) is 0.957. The van der Waals surface area contributed by atoms with Crippen molar-refractivity contribution in [2.24, 2.45) is 0 Å². The summed E-state index contributed by atoms with van der Waals surface area (Å²) in [5.41, 5.74) is 4.16. The van der Waals surface area contributed by atoms with Crippen molar-refractivity contribution in [3.8, 4) is 0 Å². The lowest BCUT2D eigenvalue weighted by molar-refractivity contribution is 1.34. The van der Waals surface area contributed by atoms with Crippen LogP contribution in [-0.4, -0.2) is 7.85 Å². The highest BCUT2D eigenvalue weighted by Gasteiger charge is 1.96. The van der Waals surface area contributed by atoms with Crippen molar-refractivity contribution in [3.05, 3.63) is 29.3 Å². The fourth-order valence-corrected chi connectivity index (χ4v) is 1.56. The topological polar surface area (TPSA) is 0 Å². The van der Waals surface area contributed by atoms with Crippen LogP contribution in [0.25, 0.3) is 0 Å². The minimum atomic E-state index is 0.959. The van der Waals surface area contributed by atoms with E-state index in [1.807, 2.05) is 0 Å². The third-order valence-corrected chi connectivity index (χ3v) is 2.46. The van der Waals surface area contributed by atoms with E-state index in [0.717, 1.165) is 5.33 Å². The van der Waals surface area contributed by atoms with Gasteiger partial charge in [-0.2, -0.15) is 0 Å². The average Bonchev–Trinajstić information content (AvgIpc) is 1.95. The molecule has 0 unspecified atom stereocenters. The summed E-state index contributed by atoms with van der Waals surface area (Å²) in [4.78, 5) is 0. The van der Waals surface area contributed by atoms with Gasteiger partial charge < -0.3 is 0 Å². The monoisotopic (exact) mass is 196 g/mol. The number of alkyl halides is 1. The van der Waals surface area contributed by atoms with E-state index >= 15 is 0 Å². The van der Waals surface area contributed by atoms with Crippen molar-refractivity contribution < 1.29 is 0 Å². The molecule has 1 aromatic rings. The third-order valence-electron chi connectivity index (χ3n) is 1.86. The van der Waals surface area contributed by atoms with Crippen molar-refractivity contribution >= 4 is 29.2 Å². The SMILES string of the molecule is Bc1cccc(CBr)c1C. The molecule has 1 aromatic carbocycles. The van der Waals surface area contributed by atoms with Crippen molar-refractivity contribution in [2.75, 3.05) is 0 Å². The molecule has 0 fully saturated rings. The molecule has 2 heteroatoms. The number of benzene rings is 1. The molecule has 0 N–H and O–H groups in total. The molecule has 0 atom stereocenters. The summed E-state index contributed by atoms with van der Waals surface area (Å²) in [6.07, 6.45) is 0. The first kappa shape index (κ1) is 7.87. The van der Waals surface area contributed by atoms with Crippen LogP contribution in [0.4, 0.5) is 0 Å². The highest BCUT2D eigenvalue weighted by Crippen LogP contribution is 2.07. The lowest BCUT2D eigenvalue weighted by Crippen LogP contribution is -2.08. The Hall–Kier alpha value is -0.235. The molecule has 0 nitrogen and oxygen atoms in total. The highest BCUT2D eigenvalue weighted by molar-refractivity contribution is 9.08. The van der Waals surface area contributed by atoms with Crippen molar-refractivity contribution in [2.45, 2.75) is 12.3 Å². The minimum absolute atomic E-state index is 0.959. The average molecular weight is 197 g/mol.